The number of fused-ring (bicyclic) bond motifs is 3. The number of nitrogens with one attached hydrogen (secondary N) is 10. The molecule has 0 spiro atoms. The topological polar surface area (TPSA) is 513 Å². The zero-order valence-electron chi connectivity index (χ0n) is 54.9. The van der Waals surface area contributed by atoms with Crippen LogP contribution in [0, 0.1) is 0 Å². The van der Waals surface area contributed by atoms with Crippen LogP contribution in [0.3, 0.4) is 0 Å². The Morgan fingerprint density at radius 1 is 0.396 bits per heavy atom. The fourth-order valence-corrected chi connectivity index (χ4v) is 11.3. The van der Waals surface area contributed by atoms with Crippen LogP contribution in [0.4, 0.5) is 0 Å². The summed E-state index contributed by atoms with van der Waals surface area (Å²) in [4.78, 5) is 136. The number of unbranched alkanes of at least 4 members (excludes halogenated alkanes) is 7. The second-order valence-corrected chi connectivity index (χ2v) is 24.1. The molecule has 29 nitrogen and oxygen atoms in total. The van der Waals surface area contributed by atoms with E-state index in [9.17, 15) is 24.0 Å². The van der Waals surface area contributed by atoms with E-state index < -0.39 is 83.6 Å². The summed E-state index contributed by atoms with van der Waals surface area (Å²) >= 11 is 0. The predicted octanol–water partition coefficient (Wildman–Crippen LogP) is 1.47. The first kappa shape index (κ1) is 74.8. The standard InChI is InChI=1S/C67H99N21O8/c1-2-3-4-5-6-7-8-30-57(89)76-31-16-15-27-51(58(69)90)83-62(94)55(36-42-39-81-49-25-13-10-21-45(42)49)87-60(92)53(29-19-34-79-67(74)75)85-64(96)56(37-43-40-82-50-26-14-11-22-46(43)50)88-61(93)52(28-18-33-78-66(72)73)84-63(95)54(35-41-38-80-48-24-12-9-20-44(41)48)86-59(91)47(68)23-17-32-77-65(70)71/h9-14,20-22,24-26,38-40,47,51-56,80-82H,2-8,15-19,23,27-37,68H2,1H3,(H2,69,90)(H,76,89)(H,83,94)(H,84,95)(H,85,96)(H,86,91)(H,87,92)(H,88,93)(H4,70,71,77)(H4,72,73,78)(H4,74,75,79)/t47-,51+,52+,53+,54-,55-,56+/m1/s1. The van der Waals surface area contributed by atoms with Crippen molar-refractivity contribution in [2.75, 3.05) is 26.2 Å². The number of amides is 8. The molecule has 0 aliphatic rings. The maximum absolute atomic E-state index is 15.3. The number of aromatic amines is 3. The SMILES string of the molecule is CCCCCCCCCC(=O)NCCCC[C@H](NC(=O)[C@@H](Cc1c[nH]c2ccccc12)NC(=O)[C@H](CCCN=C(N)N)NC(=O)[C@H](Cc1c[nH]c2ccccc12)NC(=O)[C@H](CCCN=C(N)N)NC(=O)[C@@H](Cc1c[nH]c2ccccc12)NC(=O)[C@H](N)CCCN=C(N)N)C(N)=O. The van der Waals surface area contributed by atoms with Crippen LogP contribution >= 0.6 is 0 Å². The number of carbonyl (C=O) groups excluding carboxylic acids is 8. The highest BCUT2D eigenvalue weighted by Gasteiger charge is 2.35. The van der Waals surface area contributed by atoms with Crippen molar-refractivity contribution >= 4 is 97.8 Å². The van der Waals surface area contributed by atoms with Crippen molar-refractivity contribution in [3.8, 4) is 0 Å². The molecule has 6 rings (SSSR count). The van der Waals surface area contributed by atoms with Gasteiger partial charge in [-0.15, -0.1) is 0 Å². The highest BCUT2D eigenvalue weighted by molar-refractivity contribution is 5.99. The minimum atomic E-state index is -1.46. The van der Waals surface area contributed by atoms with Crippen molar-refractivity contribution in [2.24, 2.45) is 60.8 Å². The highest BCUT2D eigenvalue weighted by Crippen LogP contribution is 2.23. The quantitative estimate of drug-likeness (QED) is 0.0146. The van der Waals surface area contributed by atoms with E-state index in [-0.39, 0.29) is 101 Å². The van der Waals surface area contributed by atoms with Gasteiger partial charge in [0.25, 0.3) is 0 Å². The molecule has 0 aliphatic carbocycles. The van der Waals surface area contributed by atoms with Gasteiger partial charge in [0.2, 0.25) is 47.3 Å². The van der Waals surface area contributed by atoms with E-state index in [2.05, 4.69) is 74.1 Å². The molecule has 0 radical (unpaired) electrons. The number of primary amides is 1. The lowest BCUT2D eigenvalue weighted by Crippen LogP contribution is -2.60. The molecule has 0 fully saturated rings. The van der Waals surface area contributed by atoms with Crippen LogP contribution in [0.5, 0.6) is 0 Å². The van der Waals surface area contributed by atoms with E-state index >= 15 is 14.4 Å². The second-order valence-electron chi connectivity index (χ2n) is 24.1. The molecule has 0 unspecified atom stereocenters. The monoisotopic (exact) mass is 1330 g/mol. The zero-order valence-corrected chi connectivity index (χ0v) is 54.9. The number of aromatic nitrogens is 3. The Hall–Kier alpha value is -10.2. The first-order chi connectivity index (χ1) is 46.2. The van der Waals surface area contributed by atoms with E-state index in [1.165, 1.54) is 19.3 Å². The van der Waals surface area contributed by atoms with Gasteiger partial charge >= 0.3 is 0 Å². The molecule has 3 heterocycles. The minimum absolute atomic E-state index is 0.0360. The molecule has 29 heteroatoms. The Balaban J connectivity index is 1.27. The van der Waals surface area contributed by atoms with Crippen LogP contribution in [-0.4, -0.2) is 149 Å². The number of para-hydroxylation sites is 3. The number of nitrogens with zero attached hydrogens (tertiary/aromatic N) is 3. The van der Waals surface area contributed by atoms with E-state index in [0.29, 0.717) is 48.9 Å². The zero-order chi connectivity index (χ0) is 69.4. The fraction of sp³-hybridized carbons (Fsp3) is 0.478. The fourth-order valence-electron chi connectivity index (χ4n) is 11.3. The Bertz CT molecular complexity index is 3600. The normalized spacial score (nSPS) is 13.4. The van der Waals surface area contributed by atoms with Crippen LogP contribution < -0.4 is 83.1 Å². The third-order valence-electron chi connectivity index (χ3n) is 16.6. The number of hydrogen-bond acceptors (Lipinski definition) is 12. The van der Waals surface area contributed by atoms with Gasteiger partial charge in [-0.1, -0.05) is 100 Å². The summed E-state index contributed by atoms with van der Waals surface area (Å²) in [6.45, 7) is 2.83. The van der Waals surface area contributed by atoms with Crippen molar-refractivity contribution in [1.29, 1.82) is 0 Å². The molecule has 26 N–H and O–H groups in total. The molecule has 3 aromatic carbocycles. The van der Waals surface area contributed by atoms with Gasteiger partial charge in [0.1, 0.15) is 36.3 Å². The molecule has 7 atom stereocenters. The number of benzene rings is 3. The average molecular weight is 1330 g/mol. The van der Waals surface area contributed by atoms with E-state index in [1.54, 1.807) is 18.6 Å². The Morgan fingerprint density at radius 2 is 0.740 bits per heavy atom. The second kappa shape index (κ2) is 39.5. The number of carbonyl (C=O) groups is 8. The van der Waals surface area contributed by atoms with Gasteiger partial charge in [-0.2, -0.15) is 0 Å². The lowest BCUT2D eigenvalue weighted by Gasteiger charge is -2.28. The van der Waals surface area contributed by atoms with Crippen LogP contribution in [0.2, 0.25) is 0 Å². The average Bonchev–Trinajstić information content (AvgIpc) is 1.65. The summed E-state index contributed by atoms with van der Waals surface area (Å²) in [7, 11) is 0. The molecule has 6 aromatic rings. The molecule has 96 heavy (non-hydrogen) atoms. The van der Waals surface area contributed by atoms with Gasteiger partial charge in [0, 0.05) is 103 Å². The number of rotatable bonds is 44. The minimum Gasteiger partial charge on any atom is -0.370 e. The summed E-state index contributed by atoms with van der Waals surface area (Å²) < 4.78 is 0. The van der Waals surface area contributed by atoms with Crippen molar-refractivity contribution in [2.45, 2.75) is 178 Å². The third-order valence-corrected chi connectivity index (χ3v) is 16.6. The first-order valence-electron chi connectivity index (χ1n) is 33.2. The van der Waals surface area contributed by atoms with Gasteiger partial charge in [-0.25, -0.2) is 0 Å². The van der Waals surface area contributed by atoms with Crippen LogP contribution in [0.15, 0.2) is 106 Å². The van der Waals surface area contributed by atoms with Crippen LogP contribution in [-0.2, 0) is 57.6 Å². The number of hydrogen-bond donors (Lipinski definition) is 18. The third kappa shape index (κ3) is 24.9. The van der Waals surface area contributed by atoms with E-state index in [4.69, 9.17) is 45.9 Å². The largest absolute Gasteiger partial charge is 0.370 e. The summed E-state index contributed by atoms with van der Waals surface area (Å²) in [5.74, 6) is -6.02. The molecule has 0 saturated heterocycles. The van der Waals surface area contributed by atoms with E-state index in [1.807, 2.05) is 72.8 Å². The Kier molecular flexibility index (Phi) is 30.8. The van der Waals surface area contributed by atoms with Crippen molar-refractivity contribution in [3.05, 3.63) is 108 Å². The molecular formula is C67H99N21O8. The van der Waals surface area contributed by atoms with Crippen molar-refractivity contribution < 1.29 is 38.4 Å². The lowest BCUT2D eigenvalue weighted by molar-refractivity contribution is -0.135. The highest BCUT2D eigenvalue weighted by atomic mass is 16.2. The summed E-state index contributed by atoms with van der Waals surface area (Å²) in [6.07, 6.45) is 14.6. The van der Waals surface area contributed by atoms with Gasteiger partial charge in [0.05, 0.1) is 6.04 Å². The van der Waals surface area contributed by atoms with Gasteiger partial charge < -0.3 is 98.0 Å². The van der Waals surface area contributed by atoms with Gasteiger partial charge in [-0.05, 0) is 99.1 Å². The Morgan fingerprint density at radius 3 is 1.15 bits per heavy atom. The van der Waals surface area contributed by atoms with E-state index in [0.717, 1.165) is 58.4 Å². The molecule has 0 saturated carbocycles. The molecule has 0 aliphatic heterocycles. The number of guanidine groups is 3. The van der Waals surface area contributed by atoms with Gasteiger partial charge in [-0.3, -0.25) is 53.3 Å². The molecular weight excluding hydrogens is 1230 g/mol. The Labute approximate surface area is 558 Å². The smallest absolute Gasteiger partial charge is 0.243 e. The first-order valence-corrected chi connectivity index (χ1v) is 33.2. The molecule has 3 aromatic heterocycles. The van der Waals surface area contributed by atoms with Crippen molar-refractivity contribution in [3.63, 3.8) is 0 Å². The molecule has 520 valence electrons. The predicted molar refractivity (Wildman–Crippen MR) is 374 cm³/mol. The summed E-state index contributed by atoms with van der Waals surface area (Å²) in [5, 5.41) is 22.2. The summed E-state index contributed by atoms with van der Waals surface area (Å²) in [5.41, 5.74) is 50.1. The summed E-state index contributed by atoms with van der Waals surface area (Å²) in [6, 6.07) is 12.9. The van der Waals surface area contributed by atoms with Crippen LogP contribution in [0.1, 0.15) is 133 Å². The van der Waals surface area contributed by atoms with Crippen molar-refractivity contribution in [1.82, 2.24) is 52.2 Å². The maximum atomic E-state index is 15.3. The number of H-pyrrole nitrogens is 3. The number of nitrogens with two attached hydrogens (primary N) is 8. The lowest BCUT2D eigenvalue weighted by atomic mass is 10.0. The molecule has 0 bridgehead atoms. The maximum Gasteiger partial charge on any atom is 0.243 e. The van der Waals surface area contributed by atoms with Crippen LogP contribution in [0.25, 0.3) is 32.7 Å². The number of aliphatic imine (C=N–C) groups is 3. The van der Waals surface area contributed by atoms with Gasteiger partial charge in [0.15, 0.2) is 17.9 Å². The molecule has 8 amide bonds.